The zero-order valence-electron chi connectivity index (χ0n) is 14.0. The van der Waals surface area contributed by atoms with E-state index < -0.39 is 0 Å². The summed E-state index contributed by atoms with van der Waals surface area (Å²) in [6.45, 7) is 5.76. The third-order valence-corrected chi connectivity index (χ3v) is 4.54. The fraction of sp³-hybridized carbons (Fsp3) is 0.333. The van der Waals surface area contributed by atoms with Gasteiger partial charge in [0.05, 0.1) is 18.3 Å². The van der Waals surface area contributed by atoms with E-state index in [1.807, 2.05) is 19.1 Å². The molecule has 0 unspecified atom stereocenters. The zero-order chi connectivity index (χ0) is 16.5. The summed E-state index contributed by atoms with van der Waals surface area (Å²) in [7, 11) is 1.72. The van der Waals surface area contributed by atoms with Crippen LogP contribution in [0.4, 0.5) is 11.5 Å². The molecule has 0 atom stereocenters. The number of H-pyrrole nitrogens is 1. The summed E-state index contributed by atoms with van der Waals surface area (Å²) in [4.78, 5) is 16.9. The van der Waals surface area contributed by atoms with Crippen LogP contribution in [0.15, 0.2) is 36.7 Å². The minimum atomic E-state index is 0.919. The van der Waals surface area contributed by atoms with Crippen molar-refractivity contribution in [1.29, 1.82) is 0 Å². The lowest BCUT2D eigenvalue weighted by atomic mass is 10.2. The van der Waals surface area contributed by atoms with Crippen LogP contribution in [0.5, 0.6) is 5.75 Å². The SMILES string of the molecule is COc1ccccc1N1CCN(c2ncnc3cc(C)[nH]c23)CC1. The fourth-order valence-electron chi connectivity index (χ4n) is 3.35. The topological polar surface area (TPSA) is 57.3 Å². The Morgan fingerprint density at radius 1 is 1.04 bits per heavy atom. The molecule has 2 aromatic heterocycles. The quantitative estimate of drug-likeness (QED) is 0.803. The van der Waals surface area contributed by atoms with Gasteiger partial charge in [0.15, 0.2) is 5.82 Å². The molecule has 1 saturated heterocycles. The van der Waals surface area contributed by atoms with Crippen molar-refractivity contribution in [3.63, 3.8) is 0 Å². The molecule has 1 aliphatic heterocycles. The third kappa shape index (κ3) is 2.54. The number of fused-ring (bicyclic) bond motifs is 1. The summed E-state index contributed by atoms with van der Waals surface area (Å²) >= 11 is 0. The first-order valence-corrected chi connectivity index (χ1v) is 8.19. The molecule has 3 heterocycles. The number of aromatic nitrogens is 3. The van der Waals surface area contributed by atoms with Gasteiger partial charge in [0.25, 0.3) is 0 Å². The minimum Gasteiger partial charge on any atom is -0.495 e. The number of aromatic amines is 1. The molecule has 1 aliphatic rings. The second kappa shape index (κ2) is 6.03. The molecule has 1 N–H and O–H groups in total. The first kappa shape index (κ1) is 14.8. The largest absolute Gasteiger partial charge is 0.495 e. The highest BCUT2D eigenvalue weighted by Crippen LogP contribution is 2.30. The highest BCUT2D eigenvalue weighted by atomic mass is 16.5. The van der Waals surface area contributed by atoms with E-state index in [1.54, 1.807) is 13.4 Å². The normalized spacial score (nSPS) is 15.1. The Hall–Kier alpha value is -2.76. The van der Waals surface area contributed by atoms with E-state index in [2.05, 4.69) is 43.0 Å². The second-order valence-electron chi connectivity index (χ2n) is 6.06. The minimum absolute atomic E-state index is 0.919. The average Bonchev–Trinajstić information content (AvgIpc) is 3.02. The highest BCUT2D eigenvalue weighted by molar-refractivity contribution is 5.86. The molecule has 0 bridgehead atoms. The lowest BCUT2D eigenvalue weighted by Gasteiger charge is -2.37. The van der Waals surface area contributed by atoms with Crippen molar-refractivity contribution in [3.8, 4) is 5.75 Å². The second-order valence-corrected chi connectivity index (χ2v) is 6.06. The maximum Gasteiger partial charge on any atom is 0.156 e. The Labute approximate surface area is 141 Å². The van der Waals surface area contributed by atoms with Crippen LogP contribution in [0.25, 0.3) is 11.0 Å². The smallest absolute Gasteiger partial charge is 0.156 e. The van der Waals surface area contributed by atoms with E-state index in [0.29, 0.717) is 0 Å². The number of hydrogen-bond acceptors (Lipinski definition) is 5. The maximum absolute atomic E-state index is 5.49. The van der Waals surface area contributed by atoms with Gasteiger partial charge >= 0.3 is 0 Å². The van der Waals surface area contributed by atoms with Gasteiger partial charge in [-0.2, -0.15) is 0 Å². The van der Waals surface area contributed by atoms with Crippen LogP contribution in [0.1, 0.15) is 5.69 Å². The molecule has 1 fully saturated rings. The number of nitrogens with one attached hydrogen (secondary N) is 1. The molecular weight excluding hydrogens is 302 g/mol. The molecule has 1 aromatic carbocycles. The predicted octanol–water partition coefficient (Wildman–Crippen LogP) is 2.60. The molecule has 0 radical (unpaired) electrons. The summed E-state index contributed by atoms with van der Waals surface area (Å²) in [5, 5.41) is 0. The summed E-state index contributed by atoms with van der Waals surface area (Å²) in [6.07, 6.45) is 1.65. The lowest BCUT2D eigenvalue weighted by molar-refractivity contribution is 0.413. The number of benzene rings is 1. The van der Waals surface area contributed by atoms with Gasteiger partial charge in [-0.1, -0.05) is 12.1 Å². The van der Waals surface area contributed by atoms with Crippen LogP contribution < -0.4 is 14.5 Å². The zero-order valence-corrected chi connectivity index (χ0v) is 14.0. The van der Waals surface area contributed by atoms with Gasteiger partial charge in [-0.15, -0.1) is 0 Å². The number of aryl methyl sites for hydroxylation is 1. The molecule has 6 nitrogen and oxygen atoms in total. The molecule has 124 valence electrons. The Morgan fingerprint density at radius 2 is 1.79 bits per heavy atom. The summed E-state index contributed by atoms with van der Waals surface area (Å²) < 4.78 is 5.49. The average molecular weight is 323 g/mol. The number of nitrogens with zero attached hydrogens (tertiary/aromatic N) is 4. The maximum atomic E-state index is 5.49. The Bertz CT molecular complexity index is 851. The molecule has 6 heteroatoms. The van der Waals surface area contributed by atoms with Crippen molar-refractivity contribution < 1.29 is 4.74 Å². The molecule has 0 saturated carbocycles. The van der Waals surface area contributed by atoms with E-state index in [1.165, 1.54) is 0 Å². The summed E-state index contributed by atoms with van der Waals surface area (Å²) in [6, 6.07) is 10.2. The molecule has 24 heavy (non-hydrogen) atoms. The molecule has 3 aromatic rings. The molecule has 0 amide bonds. The Morgan fingerprint density at radius 3 is 2.58 bits per heavy atom. The van der Waals surface area contributed by atoms with E-state index >= 15 is 0 Å². The third-order valence-electron chi connectivity index (χ3n) is 4.54. The number of piperazine rings is 1. The van der Waals surface area contributed by atoms with E-state index in [4.69, 9.17) is 4.74 Å². The summed E-state index contributed by atoms with van der Waals surface area (Å²) in [5.74, 6) is 1.92. The summed E-state index contributed by atoms with van der Waals surface area (Å²) in [5.41, 5.74) is 4.27. The molecule has 0 aliphatic carbocycles. The van der Waals surface area contributed by atoms with Gasteiger partial charge in [0.2, 0.25) is 0 Å². The van der Waals surface area contributed by atoms with Gasteiger partial charge in [-0.25, -0.2) is 9.97 Å². The van der Waals surface area contributed by atoms with E-state index in [0.717, 1.165) is 60.2 Å². The van der Waals surface area contributed by atoms with Gasteiger partial charge in [-0.3, -0.25) is 0 Å². The van der Waals surface area contributed by atoms with Crippen LogP contribution in [0.3, 0.4) is 0 Å². The van der Waals surface area contributed by atoms with Crippen molar-refractivity contribution in [3.05, 3.63) is 42.4 Å². The predicted molar refractivity (Wildman–Crippen MR) is 96.0 cm³/mol. The van der Waals surface area contributed by atoms with Crippen molar-refractivity contribution in [2.45, 2.75) is 6.92 Å². The standard InChI is InChI=1S/C18H21N5O/c1-13-11-14-17(21-13)18(20-12-19-14)23-9-7-22(8-10-23)15-5-3-4-6-16(15)24-2/h3-6,11-12,21H,7-10H2,1-2H3. The van der Waals surface area contributed by atoms with Crippen LogP contribution >= 0.6 is 0 Å². The number of rotatable bonds is 3. The first-order valence-electron chi connectivity index (χ1n) is 8.19. The van der Waals surface area contributed by atoms with Gasteiger partial charge in [0.1, 0.15) is 17.6 Å². The Balaban J connectivity index is 1.55. The first-order chi connectivity index (χ1) is 11.8. The monoisotopic (exact) mass is 323 g/mol. The van der Waals surface area contributed by atoms with Crippen LogP contribution in [-0.4, -0.2) is 48.2 Å². The number of methoxy groups -OCH3 is 1. The Kier molecular flexibility index (Phi) is 3.72. The van der Waals surface area contributed by atoms with Gasteiger partial charge < -0.3 is 19.5 Å². The fourth-order valence-corrected chi connectivity index (χ4v) is 3.35. The van der Waals surface area contributed by atoms with Crippen LogP contribution in [0.2, 0.25) is 0 Å². The van der Waals surface area contributed by atoms with Crippen LogP contribution in [-0.2, 0) is 0 Å². The molecular formula is C18H21N5O. The van der Waals surface area contributed by atoms with Crippen molar-refractivity contribution >= 4 is 22.5 Å². The number of anilines is 2. The highest BCUT2D eigenvalue weighted by Gasteiger charge is 2.22. The van der Waals surface area contributed by atoms with Crippen molar-refractivity contribution in [2.24, 2.45) is 0 Å². The number of hydrogen-bond donors (Lipinski definition) is 1. The molecule has 0 spiro atoms. The number of ether oxygens (including phenoxy) is 1. The van der Waals surface area contributed by atoms with Crippen molar-refractivity contribution in [1.82, 2.24) is 15.0 Å². The van der Waals surface area contributed by atoms with Crippen molar-refractivity contribution in [2.75, 3.05) is 43.1 Å². The van der Waals surface area contributed by atoms with Gasteiger partial charge in [-0.05, 0) is 25.1 Å². The number of para-hydroxylation sites is 2. The lowest BCUT2D eigenvalue weighted by Crippen LogP contribution is -2.47. The van der Waals surface area contributed by atoms with E-state index in [-0.39, 0.29) is 0 Å². The van der Waals surface area contributed by atoms with Crippen LogP contribution in [0, 0.1) is 6.92 Å². The van der Waals surface area contributed by atoms with Gasteiger partial charge in [0, 0.05) is 31.9 Å². The molecule has 4 rings (SSSR count). The van der Waals surface area contributed by atoms with E-state index in [9.17, 15) is 0 Å².